The number of amides is 1. The maximum absolute atomic E-state index is 13.0. The van der Waals surface area contributed by atoms with Gasteiger partial charge in [-0.25, -0.2) is 0 Å². The zero-order valence-corrected chi connectivity index (χ0v) is 15.5. The Balaban J connectivity index is 1.88. The van der Waals surface area contributed by atoms with E-state index in [1.165, 1.54) is 23.1 Å². The van der Waals surface area contributed by atoms with Gasteiger partial charge >= 0.3 is 0 Å². The quantitative estimate of drug-likeness (QED) is 0.658. The topological polar surface area (TPSA) is 80.9 Å². The van der Waals surface area contributed by atoms with Crippen LogP contribution in [0.1, 0.15) is 21.9 Å². The van der Waals surface area contributed by atoms with Crippen LogP contribution in [0.2, 0.25) is 0 Å². The summed E-state index contributed by atoms with van der Waals surface area (Å²) in [6.07, 6.45) is 0. The van der Waals surface area contributed by atoms with Crippen LogP contribution in [0.3, 0.4) is 0 Å². The number of anilines is 2. The second kappa shape index (κ2) is 7.67. The Morgan fingerprint density at radius 2 is 1.92 bits per heavy atom. The molecule has 0 fully saturated rings. The van der Waals surface area contributed by atoms with Crippen molar-refractivity contribution in [3.63, 3.8) is 0 Å². The molecule has 3 aromatic rings. The van der Waals surface area contributed by atoms with Crippen LogP contribution in [0.15, 0.2) is 52.9 Å². The van der Waals surface area contributed by atoms with E-state index < -0.39 is 5.25 Å². The molecule has 0 bridgehead atoms. The molecule has 3 rings (SSSR count). The van der Waals surface area contributed by atoms with Crippen LogP contribution >= 0.6 is 23.1 Å². The van der Waals surface area contributed by atoms with Crippen LogP contribution in [-0.2, 0) is 4.79 Å². The predicted octanol–water partition coefficient (Wildman–Crippen LogP) is 4.21. The number of carbonyl (C=O) groups excluding carboxylic acids is 1. The Kier molecular flexibility index (Phi) is 5.35. The number of carbonyl (C=O) groups is 1. The van der Waals surface area contributed by atoms with E-state index in [4.69, 9.17) is 5.73 Å². The summed E-state index contributed by atoms with van der Waals surface area (Å²) in [7, 11) is 0. The molecule has 5 nitrogen and oxygen atoms in total. The van der Waals surface area contributed by atoms with Crippen molar-refractivity contribution in [2.75, 3.05) is 11.1 Å². The van der Waals surface area contributed by atoms with Gasteiger partial charge in [0, 0.05) is 5.69 Å². The molecule has 0 radical (unpaired) electrons. The number of nitrogens with zero attached hydrogens (tertiary/aromatic N) is 2. The summed E-state index contributed by atoms with van der Waals surface area (Å²) >= 11 is 2.63. The second-order valence-electron chi connectivity index (χ2n) is 5.62. The summed E-state index contributed by atoms with van der Waals surface area (Å²) in [5.74, 6) is -0.0985. The third kappa shape index (κ3) is 4.37. The number of benzene rings is 2. The molecule has 0 saturated carbocycles. The highest BCUT2D eigenvalue weighted by Crippen LogP contribution is 2.38. The summed E-state index contributed by atoms with van der Waals surface area (Å²) in [5, 5.41) is 10.9. The van der Waals surface area contributed by atoms with Gasteiger partial charge in [-0.3, -0.25) is 4.79 Å². The number of aryl methyl sites for hydroxylation is 2. The van der Waals surface area contributed by atoms with Crippen molar-refractivity contribution in [2.45, 2.75) is 23.4 Å². The van der Waals surface area contributed by atoms with Crippen molar-refractivity contribution in [3.8, 4) is 0 Å². The fourth-order valence-electron chi connectivity index (χ4n) is 2.34. The van der Waals surface area contributed by atoms with Crippen LogP contribution in [0.5, 0.6) is 0 Å². The summed E-state index contributed by atoms with van der Waals surface area (Å²) in [4.78, 5) is 13.0. The number of nitrogens with two attached hydrogens (primary N) is 1. The highest BCUT2D eigenvalue weighted by molar-refractivity contribution is 8.02. The zero-order valence-electron chi connectivity index (χ0n) is 13.9. The van der Waals surface area contributed by atoms with Gasteiger partial charge in [0.25, 0.3) is 0 Å². The lowest BCUT2D eigenvalue weighted by Crippen LogP contribution is -2.19. The van der Waals surface area contributed by atoms with Gasteiger partial charge in [0.15, 0.2) is 4.34 Å². The first kappa shape index (κ1) is 17.4. The van der Waals surface area contributed by atoms with E-state index in [9.17, 15) is 4.79 Å². The van der Waals surface area contributed by atoms with E-state index >= 15 is 0 Å². The first-order valence-corrected chi connectivity index (χ1v) is 9.41. The molecule has 0 aliphatic heterocycles. The number of hydrogen-bond donors (Lipinski definition) is 2. The Morgan fingerprint density at radius 3 is 2.60 bits per heavy atom. The van der Waals surface area contributed by atoms with Crippen molar-refractivity contribution >= 4 is 39.8 Å². The van der Waals surface area contributed by atoms with Crippen LogP contribution < -0.4 is 11.1 Å². The molecule has 3 N–H and O–H groups in total. The Hall–Kier alpha value is -2.38. The van der Waals surface area contributed by atoms with Gasteiger partial charge in [-0.2, -0.15) is 0 Å². The largest absolute Gasteiger partial charge is 0.374 e. The molecule has 7 heteroatoms. The molecule has 0 aliphatic rings. The standard InChI is InChI=1S/C18H18N4OS2/c1-11-8-9-12(2)14(10-11)20-16(23)15(13-6-4-3-5-7-13)24-18-22-21-17(19)25-18/h3-10,15H,1-2H3,(H2,19,21)(H,20,23)/t15-/m0/s1. The Bertz CT molecular complexity index is 880. The van der Waals surface area contributed by atoms with Gasteiger partial charge in [-0.15, -0.1) is 10.2 Å². The lowest BCUT2D eigenvalue weighted by Gasteiger charge is -2.17. The zero-order chi connectivity index (χ0) is 17.8. The van der Waals surface area contributed by atoms with E-state index in [2.05, 4.69) is 15.5 Å². The van der Waals surface area contributed by atoms with Crippen molar-refractivity contribution in [2.24, 2.45) is 0 Å². The van der Waals surface area contributed by atoms with Gasteiger partial charge in [-0.05, 0) is 36.6 Å². The number of hydrogen-bond acceptors (Lipinski definition) is 6. The molecule has 0 saturated heterocycles. The maximum atomic E-state index is 13.0. The molecular weight excluding hydrogens is 352 g/mol. The average molecular weight is 371 g/mol. The molecule has 25 heavy (non-hydrogen) atoms. The molecular formula is C18H18N4OS2. The monoisotopic (exact) mass is 370 g/mol. The van der Waals surface area contributed by atoms with Crippen molar-refractivity contribution in [1.29, 1.82) is 0 Å². The van der Waals surface area contributed by atoms with Gasteiger partial charge in [0.05, 0.1) is 0 Å². The van der Waals surface area contributed by atoms with Crippen molar-refractivity contribution in [1.82, 2.24) is 10.2 Å². The van der Waals surface area contributed by atoms with Crippen molar-refractivity contribution < 1.29 is 4.79 Å². The molecule has 2 aromatic carbocycles. The van der Waals surface area contributed by atoms with E-state index in [0.717, 1.165) is 22.4 Å². The number of aromatic nitrogens is 2. The number of thioether (sulfide) groups is 1. The summed E-state index contributed by atoms with van der Waals surface area (Å²) < 4.78 is 0.669. The minimum atomic E-state index is -0.437. The van der Waals surface area contributed by atoms with Crippen molar-refractivity contribution in [3.05, 3.63) is 65.2 Å². The van der Waals surface area contributed by atoms with E-state index in [-0.39, 0.29) is 5.91 Å². The first-order chi connectivity index (χ1) is 12.0. The van der Waals surface area contributed by atoms with E-state index in [1.807, 2.05) is 62.4 Å². The van der Waals surface area contributed by atoms with Gasteiger partial charge < -0.3 is 11.1 Å². The lowest BCUT2D eigenvalue weighted by molar-refractivity contribution is -0.115. The number of rotatable bonds is 5. The normalized spacial score (nSPS) is 11.9. The fourth-order valence-corrected chi connectivity index (χ4v) is 4.17. The highest BCUT2D eigenvalue weighted by Gasteiger charge is 2.24. The minimum absolute atomic E-state index is 0.0985. The minimum Gasteiger partial charge on any atom is -0.374 e. The third-order valence-electron chi connectivity index (χ3n) is 3.63. The second-order valence-corrected chi connectivity index (χ2v) is 7.98. The molecule has 0 aliphatic carbocycles. The maximum Gasteiger partial charge on any atom is 0.242 e. The van der Waals surface area contributed by atoms with E-state index in [0.29, 0.717) is 9.47 Å². The summed E-state index contributed by atoms with van der Waals surface area (Å²) in [5.41, 5.74) is 9.51. The SMILES string of the molecule is Cc1ccc(C)c(NC(=O)[C@@H](Sc2nnc(N)s2)c2ccccc2)c1. The highest BCUT2D eigenvalue weighted by atomic mass is 32.2. The Morgan fingerprint density at radius 1 is 1.16 bits per heavy atom. The smallest absolute Gasteiger partial charge is 0.242 e. The van der Waals surface area contributed by atoms with E-state index in [1.54, 1.807) is 0 Å². The van der Waals surface area contributed by atoms with Gasteiger partial charge in [-0.1, -0.05) is 65.6 Å². The Labute approximate surface area is 154 Å². The van der Waals surface area contributed by atoms with Gasteiger partial charge in [0.1, 0.15) is 5.25 Å². The molecule has 1 atom stereocenters. The summed E-state index contributed by atoms with van der Waals surface area (Å²) in [6.45, 7) is 3.98. The lowest BCUT2D eigenvalue weighted by atomic mass is 10.1. The van der Waals surface area contributed by atoms with Crippen LogP contribution in [0.4, 0.5) is 10.8 Å². The number of nitrogen functional groups attached to an aromatic ring is 1. The van der Waals surface area contributed by atoms with Crippen LogP contribution in [-0.4, -0.2) is 16.1 Å². The summed E-state index contributed by atoms with van der Waals surface area (Å²) in [6, 6.07) is 15.6. The molecule has 0 unspecified atom stereocenters. The average Bonchev–Trinajstić information content (AvgIpc) is 3.02. The molecule has 0 spiro atoms. The number of nitrogens with one attached hydrogen (secondary N) is 1. The van der Waals surface area contributed by atoms with Crippen LogP contribution in [0.25, 0.3) is 0 Å². The molecule has 128 valence electrons. The fraction of sp³-hybridized carbons (Fsp3) is 0.167. The first-order valence-electron chi connectivity index (χ1n) is 7.71. The molecule has 1 heterocycles. The molecule has 1 aromatic heterocycles. The van der Waals surface area contributed by atoms with Gasteiger partial charge in [0.2, 0.25) is 11.0 Å². The predicted molar refractivity (Wildman–Crippen MR) is 104 cm³/mol. The third-order valence-corrected chi connectivity index (χ3v) is 5.72. The van der Waals surface area contributed by atoms with Crippen LogP contribution in [0, 0.1) is 13.8 Å². The molecule has 1 amide bonds.